The van der Waals surface area contributed by atoms with Crippen LogP contribution in [-0.2, 0) is 16.1 Å². The molecule has 0 radical (unpaired) electrons. The van der Waals surface area contributed by atoms with Crippen LogP contribution in [0.4, 0.5) is 5.69 Å². The van der Waals surface area contributed by atoms with Crippen molar-refractivity contribution in [3.63, 3.8) is 0 Å². The molecule has 1 unspecified atom stereocenters. The third-order valence-electron chi connectivity index (χ3n) is 5.16. The Morgan fingerprint density at radius 2 is 1.97 bits per heavy atom. The van der Waals surface area contributed by atoms with E-state index in [-0.39, 0.29) is 17.8 Å². The van der Waals surface area contributed by atoms with Crippen molar-refractivity contribution < 1.29 is 19.0 Å². The number of thioether (sulfide) groups is 1. The Hall–Kier alpha value is -3.04. The van der Waals surface area contributed by atoms with Gasteiger partial charge < -0.3 is 19.5 Å². The molecular weight excluding hydrogens is 428 g/mol. The molecule has 3 aromatic rings. The first kappa shape index (κ1) is 22.2. The predicted molar refractivity (Wildman–Crippen MR) is 123 cm³/mol. The lowest BCUT2D eigenvalue weighted by molar-refractivity contribution is -0.113. The molecule has 0 bridgehead atoms. The number of anilines is 1. The van der Waals surface area contributed by atoms with Crippen LogP contribution in [0.25, 0.3) is 11.4 Å². The molecule has 1 atom stereocenters. The Kier molecular flexibility index (Phi) is 7.28. The van der Waals surface area contributed by atoms with Crippen LogP contribution >= 0.6 is 11.8 Å². The van der Waals surface area contributed by atoms with Gasteiger partial charge in [-0.2, -0.15) is 0 Å². The molecule has 1 amide bonds. The van der Waals surface area contributed by atoms with Crippen LogP contribution in [0.2, 0.25) is 0 Å². The summed E-state index contributed by atoms with van der Waals surface area (Å²) in [5.41, 5.74) is 1.62. The van der Waals surface area contributed by atoms with Crippen LogP contribution in [0, 0.1) is 0 Å². The van der Waals surface area contributed by atoms with E-state index >= 15 is 0 Å². The highest BCUT2D eigenvalue weighted by atomic mass is 32.2. The van der Waals surface area contributed by atoms with Crippen molar-refractivity contribution >= 4 is 23.4 Å². The van der Waals surface area contributed by atoms with Gasteiger partial charge in [-0.3, -0.25) is 9.36 Å². The number of ether oxygens (including phenoxy) is 3. The van der Waals surface area contributed by atoms with E-state index in [0.717, 1.165) is 36.6 Å². The molecule has 0 spiro atoms. The monoisotopic (exact) mass is 454 g/mol. The molecule has 168 valence electrons. The standard InChI is InChI=1S/C23H26N4O4S/c1-29-18-10-8-16(9-11-18)22-25-26-23(27(22)14-20-7-4-12-31-20)32-15-21(28)24-17-5-3-6-19(13-17)30-2/h3,5-6,8-11,13,20H,4,7,12,14-15H2,1-2H3,(H,24,28). The lowest BCUT2D eigenvalue weighted by Crippen LogP contribution is -2.18. The Balaban J connectivity index is 1.49. The van der Waals surface area contributed by atoms with E-state index in [1.165, 1.54) is 11.8 Å². The van der Waals surface area contributed by atoms with E-state index in [0.29, 0.717) is 23.1 Å². The molecule has 1 saturated heterocycles. The van der Waals surface area contributed by atoms with Gasteiger partial charge in [0.1, 0.15) is 11.5 Å². The minimum atomic E-state index is -0.124. The number of hydrogen-bond donors (Lipinski definition) is 1. The Bertz CT molecular complexity index is 1050. The maximum Gasteiger partial charge on any atom is 0.234 e. The van der Waals surface area contributed by atoms with Crippen LogP contribution in [0.1, 0.15) is 12.8 Å². The highest BCUT2D eigenvalue weighted by Crippen LogP contribution is 2.28. The fraction of sp³-hybridized carbons (Fsp3) is 0.348. The minimum absolute atomic E-state index is 0.118. The molecular formula is C23H26N4O4S. The molecule has 1 aliphatic rings. The summed E-state index contributed by atoms with van der Waals surface area (Å²) in [6.07, 6.45) is 2.17. The highest BCUT2D eigenvalue weighted by molar-refractivity contribution is 7.99. The summed E-state index contributed by atoms with van der Waals surface area (Å²) >= 11 is 1.36. The van der Waals surface area contributed by atoms with Crippen LogP contribution in [0.15, 0.2) is 53.7 Å². The number of methoxy groups -OCH3 is 2. The third-order valence-corrected chi connectivity index (χ3v) is 6.13. The fourth-order valence-corrected chi connectivity index (χ4v) is 4.28. The Labute approximate surface area is 191 Å². The molecule has 4 rings (SSSR count). The summed E-state index contributed by atoms with van der Waals surface area (Å²) in [7, 11) is 3.23. The van der Waals surface area contributed by atoms with E-state index in [4.69, 9.17) is 14.2 Å². The molecule has 2 heterocycles. The van der Waals surface area contributed by atoms with Gasteiger partial charge in [-0.05, 0) is 49.2 Å². The number of hydrogen-bond acceptors (Lipinski definition) is 7. The van der Waals surface area contributed by atoms with E-state index < -0.39 is 0 Å². The van der Waals surface area contributed by atoms with Crippen molar-refractivity contribution in [1.29, 1.82) is 0 Å². The van der Waals surface area contributed by atoms with Gasteiger partial charge in [0.15, 0.2) is 11.0 Å². The molecule has 1 fully saturated rings. The van der Waals surface area contributed by atoms with Crippen LogP contribution < -0.4 is 14.8 Å². The third kappa shape index (κ3) is 5.41. The van der Waals surface area contributed by atoms with Crippen molar-refractivity contribution in [2.45, 2.75) is 30.6 Å². The average molecular weight is 455 g/mol. The average Bonchev–Trinajstić information content (AvgIpc) is 3.48. The number of carbonyl (C=O) groups excluding carboxylic acids is 1. The molecule has 8 nitrogen and oxygen atoms in total. The van der Waals surface area contributed by atoms with E-state index in [9.17, 15) is 4.79 Å². The smallest absolute Gasteiger partial charge is 0.234 e. The maximum absolute atomic E-state index is 12.5. The second-order valence-electron chi connectivity index (χ2n) is 7.35. The van der Waals surface area contributed by atoms with Crippen LogP contribution in [0.3, 0.4) is 0 Å². The van der Waals surface area contributed by atoms with Crippen LogP contribution in [0.5, 0.6) is 11.5 Å². The number of amides is 1. The summed E-state index contributed by atoms with van der Waals surface area (Å²) in [6, 6.07) is 15.0. The number of aromatic nitrogens is 3. The van der Waals surface area contributed by atoms with E-state index in [2.05, 4.69) is 15.5 Å². The molecule has 0 aliphatic carbocycles. The van der Waals surface area contributed by atoms with Gasteiger partial charge in [0.25, 0.3) is 0 Å². The van der Waals surface area contributed by atoms with Crippen molar-refractivity contribution in [2.24, 2.45) is 0 Å². The summed E-state index contributed by atoms with van der Waals surface area (Å²) < 4.78 is 18.3. The highest BCUT2D eigenvalue weighted by Gasteiger charge is 2.22. The van der Waals surface area contributed by atoms with Crippen molar-refractivity contribution in [1.82, 2.24) is 14.8 Å². The molecule has 32 heavy (non-hydrogen) atoms. The number of nitrogens with zero attached hydrogens (tertiary/aromatic N) is 3. The SMILES string of the molecule is COc1ccc(-c2nnc(SCC(=O)Nc3cccc(OC)c3)n2CC2CCCO2)cc1. The van der Waals surface area contributed by atoms with E-state index in [1.807, 2.05) is 47.0 Å². The van der Waals surface area contributed by atoms with Gasteiger partial charge in [-0.1, -0.05) is 17.8 Å². The quantitative estimate of drug-likeness (QED) is 0.491. The number of rotatable bonds is 9. The number of carbonyl (C=O) groups is 1. The maximum atomic E-state index is 12.5. The molecule has 9 heteroatoms. The topological polar surface area (TPSA) is 87.5 Å². The van der Waals surface area contributed by atoms with Gasteiger partial charge in [0.05, 0.1) is 32.6 Å². The lowest BCUT2D eigenvalue weighted by atomic mass is 10.2. The summed E-state index contributed by atoms with van der Waals surface area (Å²) in [6.45, 7) is 1.42. The van der Waals surface area contributed by atoms with Gasteiger partial charge in [0, 0.05) is 23.9 Å². The second-order valence-corrected chi connectivity index (χ2v) is 8.29. The molecule has 0 saturated carbocycles. The first-order valence-electron chi connectivity index (χ1n) is 10.4. The fourth-order valence-electron chi connectivity index (χ4n) is 3.53. The largest absolute Gasteiger partial charge is 0.497 e. The minimum Gasteiger partial charge on any atom is -0.497 e. The molecule has 1 aliphatic heterocycles. The van der Waals surface area contributed by atoms with Gasteiger partial charge >= 0.3 is 0 Å². The first-order valence-corrected chi connectivity index (χ1v) is 11.4. The van der Waals surface area contributed by atoms with Crippen molar-refractivity contribution in [3.05, 3.63) is 48.5 Å². The molecule has 1 aromatic heterocycles. The van der Waals surface area contributed by atoms with Crippen molar-refractivity contribution in [3.8, 4) is 22.9 Å². The van der Waals surface area contributed by atoms with Crippen LogP contribution in [-0.4, -0.2) is 53.4 Å². The lowest BCUT2D eigenvalue weighted by Gasteiger charge is -2.15. The van der Waals surface area contributed by atoms with Gasteiger partial charge in [0.2, 0.25) is 5.91 Å². The van der Waals surface area contributed by atoms with Gasteiger partial charge in [-0.25, -0.2) is 0 Å². The number of benzene rings is 2. The zero-order valence-corrected chi connectivity index (χ0v) is 18.9. The molecule has 2 aromatic carbocycles. The summed E-state index contributed by atoms with van der Waals surface area (Å²) in [5.74, 6) is 2.31. The zero-order chi connectivity index (χ0) is 22.3. The first-order chi connectivity index (χ1) is 15.7. The Morgan fingerprint density at radius 1 is 1.16 bits per heavy atom. The zero-order valence-electron chi connectivity index (χ0n) is 18.1. The van der Waals surface area contributed by atoms with E-state index in [1.54, 1.807) is 20.3 Å². The summed E-state index contributed by atoms with van der Waals surface area (Å²) in [5, 5.41) is 12.4. The van der Waals surface area contributed by atoms with Gasteiger partial charge in [-0.15, -0.1) is 10.2 Å². The summed E-state index contributed by atoms with van der Waals surface area (Å²) in [4.78, 5) is 12.5. The van der Waals surface area contributed by atoms with Crippen molar-refractivity contribution in [2.75, 3.05) is 31.9 Å². The second kappa shape index (κ2) is 10.5. The normalized spacial score (nSPS) is 15.5. The predicted octanol–water partition coefficient (Wildman–Crippen LogP) is 3.87. The Morgan fingerprint density at radius 3 is 2.69 bits per heavy atom. The molecule has 1 N–H and O–H groups in total. The number of nitrogens with one attached hydrogen (secondary N) is 1.